The molecule has 5 nitrogen and oxygen atoms in total. The van der Waals surface area contributed by atoms with Crippen LogP contribution in [0.5, 0.6) is 0 Å². The molecule has 1 unspecified atom stereocenters. The Morgan fingerprint density at radius 1 is 1.23 bits per heavy atom. The standard InChI is InChI=1S/C16H22FNO4/c1-4-21-14(19)13(10-16(2,3)17)18-15(20)22-11-12-8-6-5-7-9-12/h5-9,13H,4,10-11H2,1-3H3,(H,18,20). The van der Waals surface area contributed by atoms with Crippen molar-refractivity contribution in [1.29, 1.82) is 0 Å². The van der Waals surface area contributed by atoms with E-state index in [1.165, 1.54) is 13.8 Å². The molecule has 1 rings (SSSR count). The number of ether oxygens (including phenoxy) is 2. The van der Waals surface area contributed by atoms with E-state index in [1.54, 1.807) is 19.1 Å². The number of carbonyl (C=O) groups is 2. The van der Waals surface area contributed by atoms with Gasteiger partial charge in [0.05, 0.1) is 6.61 Å². The Morgan fingerprint density at radius 2 is 1.86 bits per heavy atom. The lowest BCUT2D eigenvalue weighted by molar-refractivity contribution is -0.146. The Bertz CT molecular complexity index is 485. The van der Waals surface area contributed by atoms with Crippen molar-refractivity contribution in [3.8, 4) is 0 Å². The van der Waals surface area contributed by atoms with E-state index < -0.39 is 23.8 Å². The highest BCUT2D eigenvalue weighted by molar-refractivity contribution is 5.81. The van der Waals surface area contributed by atoms with Gasteiger partial charge in [0.2, 0.25) is 0 Å². The summed E-state index contributed by atoms with van der Waals surface area (Å²) >= 11 is 0. The van der Waals surface area contributed by atoms with Gasteiger partial charge in [-0.3, -0.25) is 0 Å². The third-order valence-electron chi connectivity index (χ3n) is 2.77. The van der Waals surface area contributed by atoms with Gasteiger partial charge >= 0.3 is 12.1 Å². The van der Waals surface area contributed by atoms with Crippen LogP contribution in [0.2, 0.25) is 0 Å². The van der Waals surface area contributed by atoms with Gasteiger partial charge in [0.15, 0.2) is 0 Å². The second kappa shape index (κ2) is 8.36. The molecule has 0 heterocycles. The normalized spacial score (nSPS) is 12.4. The predicted molar refractivity (Wildman–Crippen MR) is 80.0 cm³/mol. The zero-order valence-electron chi connectivity index (χ0n) is 13.1. The van der Waals surface area contributed by atoms with Crippen molar-refractivity contribution in [3.05, 3.63) is 35.9 Å². The van der Waals surface area contributed by atoms with Crippen molar-refractivity contribution in [3.63, 3.8) is 0 Å². The molecule has 0 aliphatic carbocycles. The summed E-state index contributed by atoms with van der Waals surface area (Å²) < 4.78 is 23.6. The fourth-order valence-electron chi connectivity index (χ4n) is 1.83. The minimum absolute atomic E-state index is 0.0707. The average molecular weight is 311 g/mol. The van der Waals surface area contributed by atoms with Gasteiger partial charge in [-0.15, -0.1) is 0 Å². The fraction of sp³-hybridized carbons (Fsp3) is 0.500. The van der Waals surface area contributed by atoms with E-state index >= 15 is 0 Å². The zero-order valence-corrected chi connectivity index (χ0v) is 13.1. The van der Waals surface area contributed by atoms with Crippen molar-refractivity contribution in [2.75, 3.05) is 6.61 Å². The van der Waals surface area contributed by atoms with Gasteiger partial charge in [0.1, 0.15) is 18.3 Å². The summed E-state index contributed by atoms with van der Waals surface area (Å²) in [5.41, 5.74) is -0.805. The third kappa shape index (κ3) is 7.06. The highest BCUT2D eigenvalue weighted by Gasteiger charge is 2.30. The highest BCUT2D eigenvalue weighted by Crippen LogP contribution is 2.17. The second-order valence-electron chi connectivity index (χ2n) is 5.43. The molecule has 1 atom stereocenters. The molecule has 0 radical (unpaired) electrons. The van der Waals surface area contributed by atoms with E-state index in [0.717, 1.165) is 5.56 Å². The summed E-state index contributed by atoms with van der Waals surface area (Å²) in [6.07, 6.45) is -0.974. The molecule has 1 aromatic carbocycles. The lowest BCUT2D eigenvalue weighted by atomic mass is 10.0. The van der Waals surface area contributed by atoms with Crippen LogP contribution >= 0.6 is 0 Å². The molecule has 22 heavy (non-hydrogen) atoms. The number of nitrogens with one attached hydrogen (secondary N) is 1. The molecule has 1 amide bonds. The number of alkyl halides is 1. The van der Waals surface area contributed by atoms with Crippen LogP contribution < -0.4 is 5.32 Å². The van der Waals surface area contributed by atoms with Gasteiger partial charge in [-0.05, 0) is 26.3 Å². The molecule has 0 aliphatic rings. The first kappa shape index (κ1) is 17.9. The molecule has 6 heteroatoms. The Hall–Kier alpha value is -2.11. The van der Waals surface area contributed by atoms with Gasteiger partial charge < -0.3 is 14.8 Å². The number of hydrogen-bond acceptors (Lipinski definition) is 4. The minimum Gasteiger partial charge on any atom is -0.464 e. The summed E-state index contributed by atoms with van der Waals surface area (Å²) in [5, 5.41) is 2.35. The third-order valence-corrected chi connectivity index (χ3v) is 2.77. The van der Waals surface area contributed by atoms with Crippen molar-refractivity contribution in [2.45, 2.75) is 45.5 Å². The van der Waals surface area contributed by atoms with Crippen molar-refractivity contribution in [2.24, 2.45) is 0 Å². The van der Waals surface area contributed by atoms with Crippen LogP contribution in [-0.4, -0.2) is 30.4 Å². The molecule has 0 spiro atoms. The zero-order chi connectivity index (χ0) is 16.6. The van der Waals surface area contributed by atoms with Crippen LogP contribution in [0.4, 0.5) is 9.18 Å². The van der Waals surface area contributed by atoms with Gasteiger partial charge in [0, 0.05) is 6.42 Å². The fourth-order valence-corrected chi connectivity index (χ4v) is 1.83. The summed E-state index contributed by atoms with van der Waals surface area (Å²) in [4.78, 5) is 23.5. The van der Waals surface area contributed by atoms with Gasteiger partial charge in [0.25, 0.3) is 0 Å². The number of alkyl carbamates (subject to hydrolysis) is 1. The summed E-state index contributed by atoms with van der Waals surface area (Å²) in [7, 11) is 0. The maximum atomic E-state index is 13.7. The first-order valence-electron chi connectivity index (χ1n) is 7.14. The topological polar surface area (TPSA) is 64.6 Å². The van der Waals surface area contributed by atoms with E-state index in [4.69, 9.17) is 9.47 Å². The summed E-state index contributed by atoms with van der Waals surface area (Å²) in [6.45, 7) is 4.53. The Morgan fingerprint density at radius 3 is 2.41 bits per heavy atom. The van der Waals surface area contributed by atoms with Crippen LogP contribution in [0, 0.1) is 0 Å². The monoisotopic (exact) mass is 311 g/mol. The molecule has 0 saturated carbocycles. The second-order valence-corrected chi connectivity index (χ2v) is 5.43. The quantitative estimate of drug-likeness (QED) is 0.786. The Kier molecular flexibility index (Phi) is 6.82. The molecule has 0 saturated heterocycles. The van der Waals surface area contributed by atoms with Crippen LogP contribution in [-0.2, 0) is 20.9 Å². The van der Waals surface area contributed by atoms with Crippen molar-refractivity contribution >= 4 is 12.1 Å². The molecule has 0 aliphatic heterocycles. The van der Waals surface area contributed by atoms with E-state index in [-0.39, 0.29) is 19.6 Å². The summed E-state index contributed by atoms with van der Waals surface area (Å²) in [5.74, 6) is -0.676. The van der Waals surface area contributed by atoms with E-state index in [2.05, 4.69) is 5.32 Å². The van der Waals surface area contributed by atoms with Crippen LogP contribution in [0.15, 0.2) is 30.3 Å². The first-order valence-corrected chi connectivity index (χ1v) is 7.14. The minimum atomic E-state index is -1.62. The summed E-state index contributed by atoms with van der Waals surface area (Å²) in [6, 6.07) is 8.03. The number of amides is 1. The number of esters is 1. The van der Waals surface area contributed by atoms with Crippen LogP contribution in [0.25, 0.3) is 0 Å². The number of hydrogen-bond donors (Lipinski definition) is 1. The number of carbonyl (C=O) groups excluding carboxylic acids is 2. The Labute approximate surface area is 129 Å². The van der Waals surface area contributed by atoms with E-state index in [0.29, 0.717) is 0 Å². The molecule has 1 N–H and O–H groups in total. The first-order chi connectivity index (χ1) is 10.3. The van der Waals surface area contributed by atoms with Gasteiger partial charge in [-0.25, -0.2) is 14.0 Å². The molecular formula is C16H22FNO4. The smallest absolute Gasteiger partial charge is 0.408 e. The average Bonchev–Trinajstić information content (AvgIpc) is 2.44. The highest BCUT2D eigenvalue weighted by atomic mass is 19.1. The van der Waals surface area contributed by atoms with Crippen LogP contribution in [0.1, 0.15) is 32.8 Å². The molecule has 0 fully saturated rings. The van der Waals surface area contributed by atoms with Gasteiger partial charge in [-0.2, -0.15) is 0 Å². The lowest BCUT2D eigenvalue weighted by Gasteiger charge is -2.22. The Balaban J connectivity index is 2.56. The van der Waals surface area contributed by atoms with Crippen molar-refractivity contribution < 1.29 is 23.5 Å². The molecule has 1 aromatic rings. The number of benzene rings is 1. The molecule has 0 aromatic heterocycles. The predicted octanol–water partition coefficient (Wildman–Crippen LogP) is 2.98. The largest absolute Gasteiger partial charge is 0.464 e. The molecule has 0 bridgehead atoms. The number of rotatable bonds is 7. The maximum Gasteiger partial charge on any atom is 0.408 e. The van der Waals surface area contributed by atoms with Crippen LogP contribution in [0.3, 0.4) is 0 Å². The molecule has 122 valence electrons. The lowest BCUT2D eigenvalue weighted by Crippen LogP contribution is -2.45. The molecular weight excluding hydrogens is 289 g/mol. The maximum absolute atomic E-state index is 13.7. The van der Waals surface area contributed by atoms with E-state index in [9.17, 15) is 14.0 Å². The van der Waals surface area contributed by atoms with Crippen molar-refractivity contribution in [1.82, 2.24) is 5.32 Å². The van der Waals surface area contributed by atoms with Gasteiger partial charge in [-0.1, -0.05) is 30.3 Å². The SMILES string of the molecule is CCOC(=O)C(CC(C)(C)F)NC(=O)OCc1ccccc1. The van der Waals surface area contributed by atoms with E-state index in [1.807, 2.05) is 18.2 Å². The number of halogens is 1.